The lowest BCUT2D eigenvalue weighted by Crippen LogP contribution is -2.22. The van der Waals surface area contributed by atoms with E-state index in [1.165, 1.54) is 6.92 Å². The Bertz CT molecular complexity index is 696. The maximum absolute atomic E-state index is 10.7. The zero-order valence-corrected chi connectivity index (χ0v) is 13.9. The van der Waals surface area contributed by atoms with E-state index in [-0.39, 0.29) is 0 Å². The normalized spacial score (nSPS) is 12.3. The largest absolute Gasteiger partial charge is 0.479 e. The van der Waals surface area contributed by atoms with Gasteiger partial charge in [0.15, 0.2) is 6.10 Å². The second kappa shape index (κ2) is 7.22. The van der Waals surface area contributed by atoms with E-state index in [2.05, 4.69) is 20.9 Å². The first-order valence-electron chi connectivity index (χ1n) is 6.75. The summed E-state index contributed by atoms with van der Waals surface area (Å²) in [5.41, 5.74) is 2.91. The van der Waals surface area contributed by atoms with E-state index in [1.807, 2.05) is 37.3 Å². The molecule has 0 aromatic heterocycles. The second-order valence-corrected chi connectivity index (χ2v) is 5.71. The van der Waals surface area contributed by atoms with E-state index in [1.54, 1.807) is 18.3 Å². The average molecular weight is 362 g/mol. The van der Waals surface area contributed by atoms with Crippen molar-refractivity contribution < 1.29 is 14.6 Å². The van der Waals surface area contributed by atoms with Gasteiger partial charge in [-0.15, -0.1) is 0 Å². The van der Waals surface area contributed by atoms with E-state index in [0.29, 0.717) is 5.75 Å². The molecule has 0 saturated heterocycles. The topological polar surface area (TPSA) is 58.9 Å². The van der Waals surface area contributed by atoms with Crippen molar-refractivity contribution in [3.8, 4) is 5.75 Å². The summed E-state index contributed by atoms with van der Waals surface area (Å²) in [6, 6.07) is 13.0. The number of halogens is 1. The Labute approximate surface area is 137 Å². The zero-order chi connectivity index (χ0) is 16.1. The number of carboxylic acid groups (broad SMARTS) is 1. The highest BCUT2D eigenvalue weighted by Gasteiger charge is 2.11. The predicted molar refractivity (Wildman–Crippen MR) is 90.3 cm³/mol. The molecule has 0 amide bonds. The SMILES string of the molecule is Cc1cc(N=Cc2ccc(O[C@@H](C)C(=O)O)cc2)ccc1Br. The summed E-state index contributed by atoms with van der Waals surface area (Å²) in [6.45, 7) is 3.51. The maximum atomic E-state index is 10.7. The van der Waals surface area contributed by atoms with Crippen LogP contribution >= 0.6 is 15.9 Å². The molecule has 0 saturated carbocycles. The van der Waals surface area contributed by atoms with Crippen LogP contribution in [0.1, 0.15) is 18.1 Å². The van der Waals surface area contributed by atoms with E-state index < -0.39 is 12.1 Å². The standard InChI is InChI=1S/C17H16BrNO3/c1-11-9-14(5-8-16(11)18)19-10-13-3-6-15(7-4-13)22-12(2)17(20)21/h3-10,12H,1-2H3,(H,20,21)/t12-/m0/s1. The van der Waals surface area contributed by atoms with Crippen LogP contribution in [0.25, 0.3) is 0 Å². The zero-order valence-electron chi connectivity index (χ0n) is 12.3. The van der Waals surface area contributed by atoms with Gasteiger partial charge in [-0.1, -0.05) is 15.9 Å². The number of aryl methyl sites for hydroxylation is 1. The molecular formula is C17H16BrNO3. The second-order valence-electron chi connectivity index (χ2n) is 4.86. The summed E-state index contributed by atoms with van der Waals surface area (Å²) in [7, 11) is 0. The van der Waals surface area contributed by atoms with Gasteiger partial charge in [-0.25, -0.2) is 4.79 Å². The number of carboxylic acids is 1. The van der Waals surface area contributed by atoms with E-state index in [9.17, 15) is 4.79 Å². The van der Waals surface area contributed by atoms with Crippen molar-refractivity contribution in [3.63, 3.8) is 0 Å². The minimum atomic E-state index is -0.990. The quantitative estimate of drug-likeness (QED) is 0.804. The molecule has 2 rings (SSSR count). The fourth-order valence-corrected chi connectivity index (χ4v) is 1.99. The smallest absolute Gasteiger partial charge is 0.344 e. The molecule has 114 valence electrons. The van der Waals surface area contributed by atoms with Crippen molar-refractivity contribution in [2.75, 3.05) is 0 Å². The van der Waals surface area contributed by atoms with Crippen LogP contribution in [-0.4, -0.2) is 23.4 Å². The average Bonchev–Trinajstić information content (AvgIpc) is 2.49. The minimum absolute atomic E-state index is 0.520. The maximum Gasteiger partial charge on any atom is 0.344 e. The van der Waals surface area contributed by atoms with Crippen LogP contribution in [-0.2, 0) is 4.79 Å². The molecule has 0 spiro atoms. The first-order chi connectivity index (χ1) is 10.5. The van der Waals surface area contributed by atoms with Crippen LogP contribution in [0.4, 0.5) is 5.69 Å². The monoisotopic (exact) mass is 361 g/mol. The van der Waals surface area contributed by atoms with Crippen molar-refractivity contribution >= 4 is 33.8 Å². The van der Waals surface area contributed by atoms with Crippen LogP contribution in [0.3, 0.4) is 0 Å². The molecule has 22 heavy (non-hydrogen) atoms. The van der Waals surface area contributed by atoms with Crippen molar-refractivity contribution in [1.29, 1.82) is 0 Å². The van der Waals surface area contributed by atoms with Gasteiger partial charge in [0.2, 0.25) is 0 Å². The Morgan fingerprint density at radius 1 is 1.27 bits per heavy atom. The van der Waals surface area contributed by atoms with E-state index in [4.69, 9.17) is 9.84 Å². The summed E-state index contributed by atoms with van der Waals surface area (Å²) in [6.07, 6.45) is 0.887. The van der Waals surface area contributed by atoms with Gasteiger partial charge in [0.1, 0.15) is 5.75 Å². The lowest BCUT2D eigenvalue weighted by atomic mass is 10.2. The summed E-state index contributed by atoms with van der Waals surface area (Å²) in [5, 5.41) is 8.80. The number of hydrogen-bond donors (Lipinski definition) is 1. The van der Waals surface area contributed by atoms with Gasteiger partial charge in [0, 0.05) is 10.7 Å². The lowest BCUT2D eigenvalue weighted by Gasteiger charge is -2.09. The number of rotatable bonds is 5. The highest BCUT2D eigenvalue weighted by molar-refractivity contribution is 9.10. The molecule has 2 aromatic carbocycles. The Morgan fingerprint density at radius 2 is 1.95 bits per heavy atom. The Balaban J connectivity index is 2.05. The van der Waals surface area contributed by atoms with Gasteiger partial charge in [-0.2, -0.15) is 0 Å². The number of hydrogen-bond acceptors (Lipinski definition) is 3. The van der Waals surface area contributed by atoms with Crippen LogP contribution in [0.5, 0.6) is 5.75 Å². The Hall–Kier alpha value is -2.14. The number of benzene rings is 2. The third-order valence-corrected chi connectivity index (χ3v) is 3.93. The summed E-state index contributed by atoms with van der Waals surface area (Å²) in [5.74, 6) is -0.470. The third-order valence-electron chi connectivity index (χ3n) is 3.04. The summed E-state index contributed by atoms with van der Waals surface area (Å²) in [4.78, 5) is 15.1. The highest BCUT2D eigenvalue weighted by atomic mass is 79.9. The van der Waals surface area contributed by atoms with Crippen molar-refractivity contribution in [2.45, 2.75) is 20.0 Å². The van der Waals surface area contributed by atoms with Crippen LogP contribution in [0.15, 0.2) is 51.9 Å². The van der Waals surface area contributed by atoms with Crippen LogP contribution in [0, 0.1) is 6.92 Å². The van der Waals surface area contributed by atoms with Gasteiger partial charge < -0.3 is 9.84 Å². The molecule has 0 aliphatic carbocycles. The van der Waals surface area contributed by atoms with Crippen molar-refractivity contribution in [2.24, 2.45) is 4.99 Å². The van der Waals surface area contributed by atoms with Gasteiger partial charge in [-0.05, 0) is 67.4 Å². The Morgan fingerprint density at radius 3 is 2.55 bits per heavy atom. The molecule has 0 fully saturated rings. The van der Waals surface area contributed by atoms with Crippen molar-refractivity contribution in [3.05, 3.63) is 58.1 Å². The fraction of sp³-hybridized carbons (Fsp3) is 0.176. The molecule has 4 nitrogen and oxygen atoms in total. The van der Waals surface area contributed by atoms with Gasteiger partial charge >= 0.3 is 5.97 Å². The molecule has 5 heteroatoms. The molecular weight excluding hydrogens is 346 g/mol. The number of aliphatic carboxylic acids is 1. The Kier molecular flexibility index (Phi) is 5.33. The highest BCUT2D eigenvalue weighted by Crippen LogP contribution is 2.22. The molecule has 1 N–H and O–H groups in total. The van der Waals surface area contributed by atoms with E-state index in [0.717, 1.165) is 21.3 Å². The molecule has 0 aliphatic heterocycles. The van der Waals surface area contributed by atoms with E-state index >= 15 is 0 Å². The number of aliphatic imine (C=N–C) groups is 1. The lowest BCUT2D eigenvalue weighted by molar-refractivity contribution is -0.144. The fourth-order valence-electron chi connectivity index (χ4n) is 1.75. The summed E-state index contributed by atoms with van der Waals surface area (Å²) < 4.78 is 6.33. The van der Waals surface area contributed by atoms with Crippen molar-refractivity contribution in [1.82, 2.24) is 0 Å². The summed E-state index contributed by atoms with van der Waals surface area (Å²) >= 11 is 3.46. The molecule has 1 atom stereocenters. The molecule has 0 radical (unpaired) electrons. The molecule has 0 aliphatic rings. The third kappa shape index (κ3) is 4.43. The first kappa shape index (κ1) is 16.2. The number of carbonyl (C=O) groups is 1. The van der Waals surface area contributed by atoms with Crippen LogP contribution < -0.4 is 4.74 Å². The molecule has 2 aromatic rings. The first-order valence-corrected chi connectivity index (χ1v) is 7.55. The number of ether oxygens (including phenoxy) is 1. The van der Waals surface area contributed by atoms with Gasteiger partial charge in [-0.3, -0.25) is 4.99 Å². The minimum Gasteiger partial charge on any atom is -0.479 e. The molecule has 0 bridgehead atoms. The molecule has 0 heterocycles. The predicted octanol–water partition coefficient (Wildman–Crippen LogP) is 4.36. The van der Waals surface area contributed by atoms with Crippen LogP contribution in [0.2, 0.25) is 0 Å². The van der Waals surface area contributed by atoms with Gasteiger partial charge in [0.05, 0.1) is 5.69 Å². The molecule has 0 unspecified atom stereocenters. The number of nitrogens with zero attached hydrogens (tertiary/aromatic N) is 1. The van der Waals surface area contributed by atoms with Gasteiger partial charge in [0.25, 0.3) is 0 Å².